The van der Waals surface area contributed by atoms with Crippen LogP contribution in [0.15, 0.2) is 18.2 Å². The summed E-state index contributed by atoms with van der Waals surface area (Å²) in [5, 5.41) is 2.57. The fourth-order valence-corrected chi connectivity index (χ4v) is 1.50. The molecule has 0 aliphatic rings. The monoisotopic (exact) mass is 252 g/mol. The number of rotatable bonds is 7. The van der Waals surface area contributed by atoms with E-state index in [0.717, 1.165) is 5.56 Å². The van der Waals surface area contributed by atoms with Crippen LogP contribution in [0.2, 0.25) is 0 Å². The Hall–Kier alpha value is -1.75. The van der Waals surface area contributed by atoms with Crippen LogP contribution >= 0.6 is 0 Å². The Labute approximate surface area is 107 Å². The fourth-order valence-electron chi connectivity index (χ4n) is 1.50. The maximum Gasteiger partial charge on any atom is 0.219 e. The lowest BCUT2D eigenvalue weighted by Gasteiger charge is -2.11. The zero-order chi connectivity index (χ0) is 13.4. The SMILES string of the molecule is CNC(=O)CCCOc1cc(CN)ccc1OC. The molecule has 0 saturated carbocycles. The summed E-state index contributed by atoms with van der Waals surface area (Å²) in [6, 6.07) is 5.59. The molecule has 0 radical (unpaired) electrons. The van der Waals surface area contributed by atoms with Crippen LogP contribution in [-0.2, 0) is 11.3 Å². The van der Waals surface area contributed by atoms with Gasteiger partial charge in [-0.3, -0.25) is 4.79 Å². The number of nitrogens with one attached hydrogen (secondary N) is 1. The Kier molecular flexibility index (Phi) is 6.00. The van der Waals surface area contributed by atoms with Crippen molar-refractivity contribution in [2.45, 2.75) is 19.4 Å². The lowest BCUT2D eigenvalue weighted by molar-refractivity contribution is -0.120. The minimum atomic E-state index is 0.0151. The Balaban J connectivity index is 2.52. The van der Waals surface area contributed by atoms with Crippen molar-refractivity contribution in [3.05, 3.63) is 23.8 Å². The van der Waals surface area contributed by atoms with Gasteiger partial charge in [0.15, 0.2) is 11.5 Å². The minimum Gasteiger partial charge on any atom is -0.493 e. The fraction of sp³-hybridized carbons (Fsp3) is 0.462. The van der Waals surface area contributed by atoms with E-state index in [1.807, 2.05) is 18.2 Å². The Bertz CT molecular complexity index is 394. The highest BCUT2D eigenvalue weighted by Crippen LogP contribution is 2.28. The first kappa shape index (κ1) is 14.3. The predicted molar refractivity (Wildman–Crippen MR) is 69.7 cm³/mol. The van der Waals surface area contributed by atoms with Gasteiger partial charge in [-0.05, 0) is 24.1 Å². The van der Waals surface area contributed by atoms with Crippen LogP contribution in [-0.4, -0.2) is 26.7 Å². The summed E-state index contributed by atoms with van der Waals surface area (Å²) in [5.41, 5.74) is 6.56. The quantitative estimate of drug-likeness (QED) is 0.712. The summed E-state index contributed by atoms with van der Waals surface area (Å²) < 4.78 is 10.8. The Morgan fingerprint density at radius 2 is 2.17 bits per heavy atom. The van der Waals surface area contributed by atoms with Crippen LogP contribution in [0, 0.1) is 0 Å². The van der Waals surface area contributed by atoms with E-state index in [1.165, 1.54) is 0 Å². The van der Waals surface area contributed by atoms with Crippen molar-refractivity contribution in [3.63, 3.8) is 0 Å². The van der Waals surface area contributed by atoms with Gasteiger partial charge in [0, 0.05) is 20.0 Å². The normalized spacial score (nSPS) is 9.94. The Morgan fingerprint density at radius 3 is 2.78 bits per heavy atom. The van der Waals surface area contributed by atoms with Gasteiger partial charge in [-0.2, -0.15) is 0 Å². The molecule has 1 aromatic carbocycles. The van der Waals surface area contributed by atoms with Crippen LogP contribution in [0.4, 0.5) is 0 Å². The van der Waals surface area contributed by atoms with Crippen molar-refractivity contribution >= 4 is 5.91 Å². The minimum absolute atomic E-state index is 0.0151. The maximum atomic E-state index is 11.0. The molecule has 0 unspecified atom stereocenters. The third-order valence-electron chi connectivity index (χ3n) is 2.55. The van der Waals surface area contributed by atoms with Gasteiger partial charge in [-0.15, -0.1) is 0 Å². The first-order chi connectivity index (χ1) is 8.71. The van der Waals surface area contributed by atoms with Crippen molar-refractivity contribution in [1.82, 2.24) is 5.32 Å². The van der Waals surface area contributed by atoms with Crippen LogP contribution in [0.1, 0.15) is 18.4 Å². The Morgan fingerprint density at radius 1 is 1.39 bits per heavy atom. The molecule has 5 nitrogen and oxygen atoms in total. The molecule has 0 spiro atoms. The largest absolute Gasteiger partial charge is 0.493 e. The highest BCUT2D eigenvalue weighted by molar-refractivity contribution is 5.75. The number of hydrogen-bond donors (Lipinski definition) is 2. The van der Waals surface area contributed by atoms with Gasteiger partial charge in [0.05, 0.1) is 13.7 Å². The first-order valence-electron chi connectivity index (χ1n) is 5.91. The van der Waals surface area contributed by atoms with Gasteiger partial charge >= 0.3 is 0 Å². The van der Waals surface area contributed by atoms with Gasteiger partial charge < -0.3 is 20.5 Å². The van der Waals surface area contributed by atoms with E-state index in [4.69, 9.17) is 15.2 Å². The number of amides is 1. The highest BCUT2D eigenvalue weighted by Gasteiger charge is 2.05. The molecule has 5 heteroatoms. The number of hydrogen-bond acceptors (Lipinski definition) is 4. The van der Waals surface area contributed by atoms with Gasteiger partial charge in [0.1, 0.15) is 0 Å². The van der Waals surface area contributed by atoms with E-state index < -0.39 is 0 Å². The summed E-state index contributed by atoms with van der Waals surface area (Å²) in [6.07, 6.45) is 1.12. The van der Waals surface area contributed by atoms with Crippen molar-refractivity contribution in [3.8, 4) is 11.5 Å². The third-order valence-corrected chi connectivity index (χ3v) is 2.55. The van der Waals surface area contributed by atoms with Crippen LogP contribution in [0.5, 0.6) is 11.5 Å². The number of ether oxygens (including phenoxy) is 2. The van der Waals surface area contributed by atoms with Gasteiger partial charge in [0.2, 0.25) is 5.91 Å². The molecular formula is C13H20N2O3. The van der Waals surface area contributed by atoms with E-state index in [1.54, 1.807) is 14.2 Å². The molecule has 0 atom stereocenters. The molecule has 0 bridgehead atoms. The number of methoxy groups -OCH3 is 1. The van der Waals surface area contributed by atoms with Crippen molar-refractivity contribution in [1.29, 1.82) is 0 Å². The number of carbonyl (C=O) groups excluding carboxylic acids is 1. The molecule has 100 valence electrons. The molecule has 0 aliphatic heterocycles. The summed E-state index contributed by atoms with van der Waals surface area (Å²) >= 11 is 0. The standard InChI is InChI=1S/C13H20N2O3/c1-15-13(16)4-3-7-18-12-8-10(9-14)5-6-11(12)17-2/h5-6,8H,3-4,7,9,14H2,1-2H3,(H,15,16). The van der Waals surface area contributed by atoms with Crippen LogP contribution < -0.4 is 20.5 Å². The second kappa shape index (κ2) is 7.55. The molecule has 1 rings (SSSR count). The average molecular weight is 252 g/mol. The van der Waals surface area contributed by atoms with Gasteiger partial charge in [0.25, 0.3) is 0 Å². The molecule has 0 fully saturated rings. The highest BCUT2D eigenvalue weighted by atomic mass is 16.5. The molecular weight excluding hydrogens is 232 g/mol. The lowest BCUT2D eigenvalue weighted by atomic mass is 10.2. The van der Waals surface area contributed by atoms with Crippen molar-refractivity contribution < 1.29 is 14.3 Å². The van der Waals surface area contributed by atoms with Crippen molar-refractivity contribution in [2.24, 2.45) is 5.73 Å². The molecule has 1 amide bonds. The summed E-state index contributed by atoms with van der Waals surface area (Å²) in [4.78, 5) is 11.0. The van der Waals surface area contributed by atoms with Gasteiger partial charge in [-0.25, -0.2) is 0 Å². The average Bonchev–Trinajstić information content (AvgIpc) is 2.42. The lowest BCUT2D eigenvalue weighted by Crippen LogP contribution is -2.18. The molecule has 0 heterocycles. The molecule has 0 aliphatic carbocycles. The van der Waals surface area contributed by atoms with E-state index in [9.17, 15) is 4.79 Å². The third kappa shape index (κ3) is 4.25. The number of carbonyl (C=O) groups is 1. The smallest absolute Gasteiger partial charge is 0.219 e. The molecule has 0 saturated heterocycles. The number of benzene rings is 1. The van der Waals surface area contributed by atoms with Crippen LogP contribution in [0.3, 0.4) is 0 Å². The topological polar surface area (TPSA) is 73.6 Å². The molecule has 18 heavy (non-hydrogen) atoms. The second-order valence-corrected chi connectivity index (χ2v) is 3.81. The zero-order valence-corrected chi connectivity index (χ0v) is 10.9. The predicted octanol–water partition coefficient (Wildman–Crippen LogP) is 1.06. The van der Waals surface area contributed by atoms with E-state index in [2.05, 4.69) is 5.32 Å². The second-order valence-electron chi connectivity index (χ2n) is 3.81. The molecule has 1 aromatic rings. The zero-order valence-electron chi connectivity index (χ0n) is 10.9. The summed E-state index contributed by atoms with van der Waals surface area (Å²) in [6.45, 7) is 0.927. The molecule has 3 N–H and O–H groups in total. The number of nitrogens with two attached hydrogens (primary N) is 1. The maximum absolute atomic E-state index is 11.0. The van der Waals surface area contributed by atoms with Crippen molar-refractivity contribution in [2.75, 3.05) is 20.8 Å². The van der Waals surface area contributed by atoms with E-state index in [-0.39, 0.29) is 5.91 Å². The summed E-state index contributed by atoms with van der Waals surface area (Å²) in [7, 11) is 3.21. The summed E-state index contributed by atoms with van der Waals surface area (Å²) in [5.74, 6) is 1.35. The van der Waals surface area contributed by atoms with E-state index >= 15 is 0 Å². The van der Waals surface area contributed by atoms with E-state index in [0.29, 0.717) is 37.5 Å². The first-order valence-corrected chi connectivity index (χ1v) is 5.91. The van der Waals surface area contributed by atoms with Gasteiger partial charge in [-0.1, -0.05) is 6.07 Å². The molecule has 0 aromatic heterocycles. The van der Waals surface area contributed by atoms with Crippen LogP contribution in [0.25, 0.3) is 0 Å².